The second-order valence-electron chi connectivity index (χ2n) is 6.90. The van der Waals surface area contributed by atoms with E-state index in [0.717, 1.165) is 18.5 Å². The van der Waals surface area contributed by atoms with Crippen molar-refractivity contribution in [1.82, 2.24) is 4.90 Å². The number of rotatable bonds is 6. The van der Waals surface area contributed by atoms with Crippen molar-refractivity contribution in [2.24, 2.45) is 5.92 Å². The van der Waals surface area contributed by atoms with Crippen LogP contribution in [-0.4, -0.2) is 42.2 Å². The van der Waals surface area contributed by atoms with Crippen molar-refractivity contribution in [2.75, 3.05) is 25.0 Å². The number of carbonyl (C=O) groups excluding carboxylic acids is 3. The van der Waals surface area contributed by atoms with Gasteiger partial charge in [0, 0.05) is 24.3 Å². The highest BCUT2D eigenvalue weighted by molar-refractivity contribution is 5.94. The zero-order valence-electron chi connectivity index (χ0n) is 15.9. The largest absolute Gasteiger partial charge is 0.484 e. The Morgan fingerprint density at radius 1 is 1.07 bits per heavy atom. The summed E-state index contributed by atoms with van der Waals surface area (Å²) in [7, 11) is 0. The number of hydrogen-bond acceptors (Lipinski definition) is 4. The van der Waals surface area contributed by atoms with Crippen molar-refractivity contribution in [3.05, 3.63) is 60.2 Å². The van der Waals surface area contributed by atoms with Crippen LogP contribution in [0.15, 0.2) is 54.6 Å². The first kappa shape index (κ1) is 19.6. The first-order valence-corrected chi connectivity index (χ1v) is 9.40. The molecule has 1 aliphatic heterocycles. The van der Waals surface area contributed by atoms with E-state index in [1.54, 1.807) is 29.2 Å². The van der Waals surface area contributed by atoms with Crippen molar-refractivity contribution in [2.45, 2.75) is 19.8 Å². The maximum atomic E-state index is 12.5. The van der Waals surface area contributed by atoms with Crippen molar-refractivity contribution in [3.8, 4) is 5.75 Å². The van der Waals surface area contributed by atoms with E-state index in [0.29, 0.717) is 24.4 Å². The summed E-state index contributed by atoms with van der Waals surface area (Å²) < 4.78 is 5.54. The average Bonchev–Trinajstić information content (AvgIpc) is 2.73. The van der Waals surface area contributed by atoms with E-state index in [2.05, 4.69) is 5.32 Å². The quantitative estimate of drug-likeness (QED) is 0.781. The zero-order valence-corrected chi connectivity index (χ0v) is 15.9. The highest BCUT2D eigenvalue weighted by Crippen LogP contribution is 2.19. The molecule has 1 fully saturated rings. The summed E-state index contributed by atoms with van der Waals surface area (Å²) in [6, 6.07) is 16.0. The molecule has 2 aromatic rings. The van der Waals surface area contributed by atoms with Gasteiger partial charge in [-0.05, 0) is 56.2 Å². The van der Waals surface area contributed by atoms with E-state index < -0.39 is 0 Å². The molecule has 146 valence electrons. The number of para-hydroxylation sites is 1. The first-order valence-electron chi connectivity index (χ1n) is 9.40. The zero-order chi connectivity index (χ0) is 19.9. The van der Waals surface area contributed by atoms with Gasteiger partial charge in [-0.25, -0.2) is 0 Å². The summed E-state index contributed by atoms with van der Waals surface area (Å²) in [5.41, 5.74) is 1.36. The maximum absolute atomic E-state index is 12.5. The molecule has 0 spiro atoms. The summed E-state index contributed by atoms with van der Waals surface area (Å²) in [5, 5.41) is 2.91. The van der Waals surface area contributed by atoms with Crippen molar-refractivity contribution in [3.63, 3.8) is 0 Å². The average molecular weight is 380 g/mol. The predicted octanol–water partition coefficient (Wildman–Crippen LogP) is 3.15. The summed E-state index contributed by atoms with van der Waals surface area (Å²) >= 11 is 0. The van der Waals surface area contributed by atoms with Crippen LogP contribution in [0.3, 0.4) is 0 Å². The summed E-state index contributed by atoms with van der Waals surface area (Å²) in [6.07, 6.45) is 1.54. The predicted molar refractivity (Wildman–Crippen MR) is 106 cm³/mol. The molecule has 0 aliphatic carbocycles. The second kappa shape index (κ2) is 9.17. The fraction of sp³-hybridized carbons (Fsp3) is 0.318. The topological polar surface area (TPSA) is 75.7 Å². The maximum Gasteiger partial charge on any atom is 0.260 e. The molecule has 3 rings (SSSR count). The van der Waals surface area contributed by atoms with Gasteiger partial charge in [-0.15, -0.1) is 0 Å². The Hall–Kier alpha value is -3.15. The molecule has 28 heavy (non-hydrogen) atoms. The summed E-state index contributed by atoms with van der Waals surface area (Å²) in [4.78, 5) is 38.0. The van der Waals surface area contributed by atoms with E-state index in [-0.39, 0.29) is 30.1 Å². The number of carbonyl (C=O) groups is 3. The number of nitrogens with one attached hydrogen (secondary N) is 1. The first-order chi connectivity index (χ1) is 13.5. The number of anilines is 1. The molecule has 2 aromatic carbocycles. The Morgan fingerprint density at radius 2 is 1.79 bits per heavy atom. The normalized spacial score (nSPS) is 16.3. The van der Waals surface area contributed by atoms with Crippen LogP contribution in [0.4, 0.5) is 5.69 Å². The molecule has 6 heteroatoms. The van der Waals surface area contributed by atoms with Crippen molar-refractivity contribution >= 4 is 23.3 Å². The monoisotopic (exact) mass is 380 g/mol. The molecule has 2 amide bonds. The van der Waals surface area contributed by atoms with Crippen LogP contribution in [0.25, 0.3) is 0 Å². The van der Waals surface area contributed by atoms with E-state index in [1.807, 2.05) is 30.3 Å². The molecule has 0 radical (unpaired) electrons. The van der Waals surface area contributed by atoms with Gasteiger partial charge in [0.05, 0.1) is 5.92 Å². The Kier molecular flexibility index (Phi) is 6.42. The molecule has 0 aromatic heterocycles. The lowest BCUT2D eigenvalue weighted by Gasteiger charge is -2.32. The number of ketones is 1. The standard InChI is InChI=1S/C22H24N2O4/c1-16(25)17-9-11-20(12-10-17)28-15-21(26)24-13-5-6-18(14-24)22(27)23-19-7-3-2-4-8-19/h2-4,7-12,18H,5-6,13-15H2,1H3,(H,23,27)/t18-/m0/s1. The minimum atomic E-state index is -0.229. The highest BCUT2D eigenvalue weighted by atomic mass is 16.5. The van der Waals surface area contributed by atoms with Crippen LogP contribution in [0.1, 0.15) is 30.1 Å². The number of amides is 2. The van der Waals surface area contributed by atoms with Gasteiger partial charge in [0.15, 0.2) is 12.4 Å². The molecule has 0 bridgehead atoms. The molecule has 6 nitrogen and oxygen atoms in total. The van der Waals surface area contributed by atoms with Gasteiger partial charge in [0.1, 0.15) is 5.75 Å². The number of benzene rings is 2. The van der Waals surface area contributed by atoms with E-state index in [1.165, 1.54) is 6.92 Å². The molecule has 1 heterocycles. The Labute approximate surface area is 164 Å². The van der Waals surface area contributed by atoms with Crippen LogP contribution < -0.4 is 10.1 Å². The van der Waals surface area contributed by atoms with Gasteiger partial charge < -0.3 is 15.0 Å². The minimum absolute atomic E-state index is 0.0178. The number of Topliss-reactive ketones (excluding diaryl/α,β-unsaturated/α-hetero) is 1. The lowest BCUT2D eigenvalue weighted by molar-refractivity contribution is -0.136. The fourth-order valence-corrected chi connectivity index (χ4v) is 3.21. The van der Waals surface area contributed by atoms with E-state index in [4.69, 9.17) is 4.74 Å². The van der Waals surface area contributed by atoms with E-state index in [9.17, 15) is 14.4 Å². The number of hydrogen-bond donors (Lipinski definition) is 1. The Balaban J connectivity index is 1.51. The number of likely N-dealkylation sites (tertiary alicyclic amines) is 1. The van der Waals surface area contributed by atoms with Gasteiger partial charge >= 0.3 is 0 Å². The smallest absolute Gasteiger partial charge is 0.260 e. The number of piperidine rings is 1. The number of ether oxygens (including phenoxy) is 1. The van der Waals surface area contributed by atoms with Crippen LogP contribution >= 0.6 is 0 Å². The van der Waals surface area contributed by atoms with Gasteiger partial charge in [-0.3, -0.25) is 14.4 Å². The lowest BCUT2D eigenvalue weighted by Crippen LogP contribution is -2.45. The van der Waals surface area contributed by atoms with Crippen LogP contribution in [0.2, 0.25) is 0 Å². The lowest BCUT2D eigenvalue weighted by atomic mass is 9.97. The number of nitrogens with zero attached hydrogens (tertiary/aromatic N) is 1. The van der Waals surface area contributed by atoms with Gasteiger partial charge in [-0.2, -0.15) is 0 Å². The molecule has 1 atom stereocenters. The molecule has 1 saturated heterocycles. The van der Waals surface area contributed by atoms with Gasteiger partial charge in [0.2, 0.25) is 5.91 Å². The van der Waals surface area contributed by atoms with Crippen LogP contribution in [0, 0.1) is 5.92 Å². The summed E-state index contributed by atoms with van der Waals surface area (Å²) in [5.74, 6) is 0.0783. The van der Waals surface area contributed by atoms with Crippen molar-refractivity contribution < 1.29 is 19.1 Å². The van der Waals surface area contributed by atoms with Crippen molar-refractivity contribution in [1.29, 1.82) is 0 Å². The molecule has 1 aliphatic rings. The molecular formula is C22H24N2O4. The molecule has 1 N–H and O–H groups in total. The fourth-order valence-electron chi connectivity index (χ4n) is 3.21. The SMILES string of the molecule is CC(=O)c1ccc(OCC(=O)N2CCC[C@H](C(=O)Nc3ccccc3)C2)cc1. The summed E-state index contributed by atoms with van der Waals surface area (Å²) in [6.45, 7) is 2.43. The van der Waals surface area contributed by atoms with Gasteiger partial charge in [-0.1, -0.05) is 18.2 Å². The third-order valence-electron chi connectivity index (χ3n) is 4.81. The third-order valence-corrected chi connectivity index (χ3v) is 4.81. The second-order valence-corrected chi connectivity index (χ2v) is 6.90. The van der Waals surface area contributed by atoms with Crippen LogP contribution in [0.5, 0.6) is 5.75 Å². The molecule has 0 saturated carbocycles. The van der Waals surface area contributed by atoms with Crippen LogP contribution in [-0.2, 0) is 9.59 Å². The Morgan fingerprint density at radius 3 is 2.46 bits per heavy atom. The molecule has 0 unspecified atom stereocenters. The Bertz CT molecular complexity index is 833. The molecular weight excluding hydrogens is 356 g/mol. The van der Waals surface area contributed by atoms with E-state index >= 15 is 0 Å². The third kappa shape index (κ3) is 5.19. The minimum Gasteiger partial charge on any atom is -0.484 e. The highest BCUT2D eigenvalue weighted by Gasteiger charge is 2.28. The van der Waals surface area contributed by atoms with Gasteiger partial charge in [0.25, 0.3) is 5.91 Å².